The zero-order chi connectivity index (χ0) is 13.1. The van der Waals surface area contributed by atoms with Crippen LogP contribution in [0.4, 0.5) is 5.95 Å². The van der Waals surface area contributed by atoms with Crippen LogP contribution in [0.5, 0.6) is 0 Å². The Morgan fingerprint density at radius 2 is 1.74 bits per heavy atom. The van der Waals surface area contributed by atoms with Crippen molar-refractivity contribution in [2.24, 2.45) is 0 Å². The molecule has 0 saturated carbocycles. The molecule has 19 heavy (non-hydrogen) atoms. The number of benzene rings is 2. The van der Waals surface area contributed by atoms with Crippen LogP contribution in [0.2, 0.25) is 0 Å². The van der Waals surface area contributed by atoms with E-state index in [9.17, 15) is 0 Å². The molecule has 0 aliphatic rings. The van der Waals surface area contributed by atoms with Crippen LogP contribution in [0.25, 0.3) is 11.0 Å². The lowest BCUT2D eigenvalue weighted by Gasteiger charge is -2.07. The first-order chi connectivity index (χ1) is 9.36. The molecule has 0 atom stereocenters. The highest BCUT2D eigenvalue weighted by atomic mass is 15.1. The molecular formula is C16H17N3. The van der Waals surface area contributed by atoms with Gasteiger partial charge in [-0.1, -0.05) is 43.3 Å². The summed E-state index contributed by atoms with van der Waals surface area (Å²) >= 11 is 0. The molecule has 2 N–H and O–H groups in total. The quantitative estimate of drug-likeness (QED) is 0.741. The van der Waals surface area contributed by atoms with E-state index in [-0.39, 0.29) is 0 Å². The first-order valence-corrected chi connectivity index (χ1v) is 6.62. The molecule has 0 radical (unpaired) electrons. The lowest BCUT2D eigenvalue weighted by molar-refractivity contribution is 1.03. The van der Waals surface area contributed by atoms with E-state index in [0.717, 1.165) is 29.9 Å². The lowest BCUT2D eigenvalue weighted by Crippen LogP contribution is -2.03. The van der Waals surface area contributed by atoms with E-state index in [4.69, 9.17) is 0 Å². The minimum absolute atomic E-state index is 0.795. The largest absolute Gasteiger partial charge is 0.352 e. The fourth-order valence-electron chi connectivity index (χ4n) is 2.29. The summed E-state index contributed by atoms with van der Waals surface area (Å²) < 4.78 is 0. The van der Waals surface area contributed by atoms with Gasteiger partial charge in [0, 0.05) is 6.54 Å². The number of imidazole rings is 1. The van der Waals surface area contributed by atoms with Gasteiger partial charge in [0.1, 0.15) is 0 Å². The smallest absolute Gasteiger partial charge is 0.201 e. The first-order valence-electron chi connectivity index (χ1n) is 6.62. The number of fused-ring (bicyclic) bond motifs is 1. The molecule has 1 aromatic heterocycles. The molecule has 3 rings (SSSR count). The molecule has 0 fully saturated rings. The molecular weight excluding hydrogens is 234 g/mol. The highest BCUT2D eigenvalue weighted by Crippen LogP contribution is 2.15. The molecule has 0 spiro atoms. The molecule has 0 aliphatic heterocycles. The lowest BCUT2D eigenvalue weighted by atomic mass is 10.1. The van der Waals surface area contributed by atoms with Gasteiger partial charge in [0.25, 0.3) is 0 Å². The third-order valence-corrected chi connectivity index (χ3v) is 3.33. The fourth-order valence-corrected chi connectivity index (χ4v) is 2.29. The molecule has 3 aromatic rings. The molecule has 0 unspecified atom stereocenters. The molecule has 3 nitrogen and oxygen atoms in total. The predicted molar refractivity (Wildman–Crippen MR) is 79.2 cm³/mol. The molecule has 1 heterocycles. The summed E-state index contributed by atoms with van der Waals surface area (Å²) in [5, 5.41) is 3.36. The number of aryl methyl sites for hydroxylation is 1. The number of aromatic amines is 1. The summed E-state index contributed by atoms with van der Waals surface area (Å²) in [4.78, 5) is 7.80. The second-order valence-electron chi connectivity index (χ2n) is 4.58. The monoisotopic (exact) mass is 251 g/mol. The first kappa shape index (κ1) is 11.8. The van der Waals surface area contributed by atoms with E-state index in [1.165, 1.54) is 11.1 Å². The normalized spacial score (nSPS) is 10.8. The molecule has 96 valence electrons. The maximum absolute atomic E-state index is 4.52. The van der Waals surface area contributed by atoms with Crippen molar-refractivity contribution in [1.29, 1.82) is 0 Å². The van der Waals surface area contributed by atoms with Crippen molar-refractivity contribution >= 4 is 17.0 Å². The van der Waals surface area contributed by atoms with Gasteiger partial charge in [-0.15, -0.1) is 0 Å². The molecule has 0 aliphatic carbocycles. The maximum Gasteiger partial charge on any atom is 0.201 e. The maximum atomic E-state index is 4.52. The number of hydrogen-bond acceptors (Lipinski definition) is 2. The number of H-pyrrole nitrogens is 1. The summed E-state index contributed by atoms with van der Waals surface area (Å²) in [5.74, 6) is 0.826. The Morgan fingerprint density at radius 1 is 1.00 bits per heavy atom. The van der Waals surface area contributed by atoms with E-state index < -0.39 is 0 Å². The minimum atomic E-state index is 0.795. The van der Waals surface area contributed by atoms with Gasteiger partial charge in [-0.2, -0.15) is 0 Å². The molecule has 2 aromatic carbocycles. The Kier molecular flexibility index (Phi) is 3.19. The zero-order valence-corrected chi connectivity index (χ0v) is 11.0. The topological polar surface area (TPSA) is 40.7 Å². The van der Waals surface area contributed by atoms with Gasteiger partial charge >= 0.3 is 0 Å². The van der Waals surface area contributed by atoms with Gasteiger partial charge in [0.05, 0.1) is 11.0 Å². The fraction of sp³-hybridized carbons (Fsp3) is 0.188. The van der Waals surface area contributed by atoms with Crippen LogP contribution in [0.1, 0.15) is 18.1 Å². The van der Waals surface area contributed by atoms with E-state index in [2.05, 4.69) is 46.5 Å². The molecule has 3 heteroatoms. The predicted octanol–water partition coefficient (Wildman–Crippen LogP) is 3.74. The van der Waals surface area contributed by atoms with Gasteiger partial charge in [-0.3, -0.25) is 0 Å². The second kappa shape index (κ2) is 5.14. The van der Waals surface area contributed by atoms with Crippen LogP contribution in [0, 0.1) is 0 Å². The molecule has 0 saturated heterocycles. The Balaban J connectivity index is 1.78. The van der Waals surface area contributed by atoms with Crippen LogP contribution in [-0.4, -0.2) is 9.97 Å². The third-order valence-electron chi connectivity index (χ3n) is 3.33. The van der Waals surface area contributed by atoms with E-state index in [0.29, 0.717) is 0 Å². The average molecular weight is 251 g/mol. The van der Waals surface area contributed by atoms with Crippen molar-refractivity contribution in [3.63, 3.8) is 0 Å². The highest BCUT2D eigenvalue weighted by Gasteiger charge is 2.03. The Hall–Kier alpha value is -2.29. The van der Waals surface area contributed by atoms with Crippen molar-refractivity contribution in [3.05, 3.63) is 59.7 Å². The van der Waals surface area contributed by atoms with Gasteiger partial charge in [-0.05, 0) is 29.7 Å². The number of hydrogen-bond donors (Lipinski definition) is 2. The number of anilines is 1. The summed E-state index contributed by atoms with van der Waals surface area (Å²) in [5.41, 5.74) is 4.76. The van der Waals surface area contributed by atoms with Crippen LogP contribution in [0.3, 0.4) is 0 Å². The van der Waals surface area contributed by atoms with Crippen molar-refractivity contribution in [2.75, 3.05) is 5.32 Å². The standard InChI is InChI=1S/C16H17N3/c1-2-12-7-3-4-8-13(12)11-17-16-18-14-9-5-6-10-15(14)19-16/h3-10H,2,11H2,1H3,(H2,17,18,19). The highest BCUT2D eigenvalue weighted by molar-refractivity contribution is 5.77. The Bertz CT molecular complexity index is 652. The van der Waals surface area contributed by atoms with Crippen LogP contribution in [0.15, 0.2) is 48.5 Å². The van der Waals surface area contributed by atoms with E-state index in [1.54, 1.807) is 0 Å². The molecule has 0 bridgehead atoms. The van der Waals surface area contributed by atoms with Gasteiger partial charge in [0.15, 0.2) is 0 Å². The Morgan fingerprint density at radius 3 is 2.53 bits per heavy atom. The summed E-state index contributed by atoms with van der Waals surface area (Å²) in [6.07, 6.45) is 1.05. The number of aromatic nitrogens is 2. The summed E-state index contributed by atoms with van der Waals surface area (Å²) in [7, 11) is 0. The summed E-state index contributed by atoms with van der Waals surface area (Å²) in [6, 6.07) is 16.6. The van der Waals surface area contributed by atoms with Gasteiger partial charge in [-0.25, -0.2) is 4.98 Å². The van der Waals surface area contributed by atoms with Gasteiger partial charge < -0.3 is 10.3 Å². The SMILES string of the molecule is CCc1ccccc1CNc1nc2ccccc2[nH]1. The Labute approximate surface area is 112 Å². The third kappa shape index (κ3) is 2.45. The van der Waals surface area contributed by atoms with Crippen LogP contribution >= 0.6 is 0 Å². The zero-order valence-electron chi connectivity index (χ0n) is 11.0. The minimum Gasteiger partial charge on any atom is -0.352 e. The van der Waals surface area contributed by atoms with E-state index in [1.807, 2.05) is 24.3 Å². The van der Waals surface area contributed by atoms with Gasteiger partial charge in [0.2, 0.25) is 5.95 Å². The summed E-state index contributed by atoms with van der Waals surface area (Å²) in [6.45, 7) is 2.98. The van der Waals surface area contributed by atoms with Crippen molar-refractivity contribution in [2.45, 2.75) is 19.9 Å². The van der Waals surface area contributed by atoms with Crippen molar-refractivity contribution in [1.82, 2.24) is 9.97 Å². The number of nitrogens with one attached hydrogen (secondary N) is 2. The van der Waals surface area contributed by atoms with Crippen molar-refractivity contribution < 1.29 is 0 Å². The van der Waals surface area contributed by atoms with Crippen molar-refractivity contribution in [3.8, 4) is 0 Å². The molecule has 0 amide bonds. The van der Waals surface area contributed by atoms with Crippen LogP contribution < -0.4 is 5.32 Å². The van der Waals surface area contributed by atoms with E-state index >= 15 is 0 Å². The number of rotatable bonds is 4. The van der Waals surface area contributed by atoms with Crippen LogP contribution in [-0.2, 0) is 13.0 Å². The number of nitrogens with zero attached hydrogens (tertiary/aromatic N) is 1. The average Bonchev–Trinajstić information content (AvgIpc) is 2.88. The second-order valence-corrected chi connectivity index (χ2v) is 4.58. The number of para-hydroxylation sites is 2.